The van der Waals surface area contributed by atoms with Crippen LogP contribution in [-0.2, 0) is 0 Å². The Labute approximate surface area is 143 Å². The van der Waals surface area contributed by atoms with Gasteiger partial charge in [0.15, 0.2) is 0 Å². The molecule has 0 bridgehead atoms. The molecule has 3 N–H and O–H groups in total. The monoisotopic (exact) mass is 340 g/mol. The Morgan fingerprint density at radius 2 is 1.88 bits per heavy atom. The molecular weight excluding hydrogens is 323 g/mol. The Bertz CT molecular complexity index is 913. The van der Waals surface area contributed by atoms with Crippen LogP contribution in [0.15, 0.2) is 42.5 Å². The summed E-state index contributed by atoms with van der Waals surface area (Å²) in [6, 6.07) is 12.8. The largest absolute Gasteiger partial charge is 0.474 e. The van der Waals surface area contributed by atoms with Gasteiger partial charge in [-0.15, -0.1) is 0 Å². The molecule has 0 aliphatic rings. The van der Waals surface area contributed by atoms with Crippen LogP contribution in [0.4, 0.5) is 10.3 Å². The van der Waals surface area contributed by atoms with Crippen LogP contribution in [-0.4, -0.2) is 36.2 Å². The number of nitrogen functional groups attached to an aromatic ring is 1. The van der Waals surface area contributed by atoms with Gasteiger partial charge < -0.3 is 15.8 Å². The fourth-order valence-electron chi connectivity index (χ4n) is 2.50. The van der Waals surface area contributed by atoms with Crippen molar-refractivity contribution in [2.45, 2.75) is 0 Å². The van der Waals surface area contributed by atoms with Crippen molar-refractivity contribution in [2.75, 3.05) is 26.1 Å². The lowest BCUT2D eigenvalue weighted by Crippen LogP contribution is -2.17. The van der Waals surface area contributed by atoms with Gasteiger partial charge in [0.05, 0.1) is 10.9 Å². The predicted molar refractivity (Wildman–Crippen MR) is 94.2 cm³/mol. The second-order valence-electron chi connectivity index (χ2n) is 5.31. The predicted octanol–water partition coefficient (Wildman–Crippen LogP) is 2.59. The molecule has 3 rings (SSSR count). The summed E-state index contributed by atoms with van der Waals surface area (Å²) in [6.45, 7) is -0.720. The zero-order valence-corrected chi connectivity index (χ0v) is 13.6. The van der Waals surface area contributed by atoms with Gasteiger partial charge in [-0.05, 0) is 35.4 Å². The third-order valence-corrected chi connectivity index (χ3v) is 3.70. The summed E-state index contributed by atoms with van der Waals surface area (Å²) in [5, 5.41) is 3.23. The highest BCUT2D eigenvalue weighted by atomic mass is 19.1. The lowest BCUT2D eigenvalue weighted by Gasteiger charge is -2.09. The standard InChI is InChI=1S/C18H17FN4O2/c1-21-16(24)12-4-2-11(3-5-12)13-6-7-15-14(10-13)17(25-9-8-19)23-18(20)22-15/h2-7,10H,8-9H2,1H3,(H,21,24)(H2,20,22,23). The molecule has 0 fully saturated rings. The first-order valence-corrected chi connectivity index (χ1v) is 7.71. The van der Waals surface area contributed by atoms with Gasteiger partial charge in [-0.2, -0.15) is 4.98 Å². The minimum atomic E-state index is -0.619. The number of fused-ring (bicyclic) bond motifs is 1. The lowest BCUT2D eigenvalue weighted by atomic mass is 10.0. The number of anilines is 1. The van der Waals surface area contributed by atoms with Gasteiger partial charge in [0, 0.05) is 12.6 Å². The molecule has 7 heteroatoms. The number of ether oxygens (including phenoxy) is 1. The van der Waals surface area contributed by atoms with E-state index < -0.39 is 6.67 Å². The van der Waals surface area contributed by atoms with Crippen LogP contribution in [0.3, 0.4) is 0 Å². The van der Waals surface area contributed by atoms with Crippen molar-refractivity contribution in [2.24, 2.45) is 0 Å². The van der Waals surface area contributed by atoms with Crippen LogP contribution in [0.5, 0.6) is 5.88 Å². The quantitative estimate of drug-likeness (QED) is 0.745. The molecule has 0 spiro atoms. The smallest absolute Gasteiger partial charge is 0.251 e. The topological polar surface area (TPSA) is 90.1 Å². The van der Waals surface area contributed by atoms with Crippen LogP contribution in [0.25, 0.3) is 22.0 Å². The summed E-state index contributed by atoms with van der Waals surface area (Å²) in [5.74, 6) is 0.184. The molecule has 0 radical (unpaired) electrons. The molecule has 3 aromatic rings. The number of hydrogen-bond donors (Lipinski definition) is 2. The number of aromatic nitrogens is 2. The zero-order chi connectivity index (χ0) is 17.8. The van der Waals surface area contributed by atoms with Crippen LogP contribution in [0.1, 0.15) is 10.4 Å². The average molecular weight is 340 g/mol. The highest BCUT2D eigenvalue weighted by Gasteiger charge is 2.10. The van der Waals surface area contributed by atoms with Crippen LogP contribution in [0.2, 0.25) is 0 Å². The van der Waals surface area contributed by atoms with Crippen LogP contribution < -0.4 is 15.8 Å². The molecule has 6 nitrogen and oxygen atoms in total. The number of nitrogens with zero attached hydrogens (tertiary/aromatic N) is 2. The average Bonchev–Trinajstić information content (AvgIpc) is 2.65. The Morgan fingerprint density at radius 1 is 1.16 bits per heavy atom. The fourth-order valence-corrected chi connectivity index (χ4v) is 2.50. The molecule has 1 heterocycles. The molecule has 0 unspecified atom stereocenters. The summed E-state index contributed by atoms with van der Waals surface area (Å²) in [5.41, 5.74) is 8.68. The van der Waals surface area contributed by atoms with Gasteiger partial charge in [-0.1, -0.05) is 18.2 Å². The first kappa shape index (κ1) is 16.6. The number of carbonyl (C=O) groups excluding carboxylic acids is 1. The van der Waals surface area contributed by atoms with E-state index in [0.29, 0.717) is 16.5 Å². The number of nitrogens with one attached hydrogen (secondary N) is 1. The first-order valence-electron chi connectivity index (χ1n) is 7.71. The summed E-state index contributed by atoms with van der Waals surface area (Å²) >= 11 is 0. The molecule has 1 aromatic heterocycles. The van der Waals surface area contributed by atoms with Gasteiger partial charge in [-0.25, -0.2) is 9.37 Å². The molecular formula is C18H17FN4O2. The van der Waals surface area contributed by atoms with Crippen LogP contribution >= 0.6 is 0 Å². The minimum absolute atomic E-state index is 0.0732. The number of amides is 1. The molecule has 0 saturated heterocycles. The maximum atomic E-state index is 12.4. The number of nitrogens with two attached hydrogens (primary N) is 1. The van der Waals surface area contributed by atoms with Crippen molar-refractivity contribution in [3.8, 4) is 17.0 Å². The Kier molecular flexibility index (Phi) is 4.74. The Morgan fingerprint density at radius 3 is 2.56 bits per heavy atom. The van der Waals surface area contributed by atoms with Crippen molar-refractivity contribution in [1.29, 1.82) is 0 Å². The Balaban J connectivity index is 2.02. The number of alkyl halides is 1. The summed E-state index contributed by atoms with van der Waals surface area (Å²) in [6.07, 6.45) is 0. The van der Waals surface area contributed by atoms with E-state index in [2.05, 4.69) is 15.3 Å². The SMILES string of the molecule is CNC(=O)c1ccc(-c2ccc3nc(N)nc(OCCF)c3c2)cc1. The highest BCUT2D eigenvalue weighted by molar-refractivity contribution is 5.95. The maximum Gasteiger partial charge on any atom is 0.251 e. The van der Waals surface area contributed by atoms with E-state index in [1.165, 1.54) is 0 Å². The number of benzene rings is 2. The lowest BCUT2D eigenvalue weighted by molar-refractivity contribution is 0.0963. The van der Waals surface area contributed by atoms with Crippen molar-refractivity contribution in [3.05, 3.63) is 48.0 Å². The number of hydrogen-bond acceptors (Lipinski definition) is 5. The van der Waals surface area contributed by atoms with E-state index in [1.54, 1.807) is 25.2 Å². The van der Waals surface area contributed by atoms with E-state index in [4.69, 9.17) is 10.5 Å². The van der Waals surface area contributed by atoms with E-state index >= 15 is 0 Å². The van der Waals surface area contributed by atoms with E-state index in [-0.39, 0.29) is 24.3 Å². The molecule has 25 heavy (non-hydrogen) atoms. The molecule has 0 saturated carbocycles. The molecule has 1 amide bonds. The molecule has 128 valence electrons. The minimum Gasteiger partial charge on any atom is -0.474 e. The van der Waals surface area contributed by atoms with Gasteiger partial charge in [0.1, 0.15) is 13.3 Å². The summed E-state index contributed by atoms with van der Waals surface area (Å²) in [4.78, 5) is 19.8. The van der Waals surface area contributed by atoms with E-state index in [1.807, 2.05) is 24.3 Å². The summed E-state index contributed by atoms with van der Waals surface area (Å²) in [7, 11) is 1.59. The third kappa shape index (κ3) is 3.50. The van der Waals surface area contributed by atoms with Crippen molar-refractivity contribution >= 4 is 22.8 Å². The zero-order valence-electron chi connectivity index (χ0n) is 13.6. The van der Waals surface area contributed by atoms with Crippen LogP contribution in [0, 0.1) is 0 Å². The fraction of sp³-hybridized carbons (Fsp3) is 0.167. The van der Waals surface area contributed by atoms with Crippen molar-refractivity contribution in [3.63, 3.8) is 0 Å². The molecule has 0 aliphatic heterocycles. The number of rotatable bonds is 5. The number of halogens is 1. The number of carbonyl (C=O) groups is 1. The maximum absolute atomic E-state index is 12.4. The second-order valence-corrected chi connectivity index (χ2v) is 5.31. The van der Waals surface area contributed by atoms with Gasteiger partial charge >= 0.3 is 0 Å². The molecule has 2 aromatic carbocycles. The van der Waals surface area contributed by atoms with Crippen molar-refractivity contribution in [1.82, 2.24) is 15.3 Å². The normalized spacial score (nSPS) is 10.6. The van der Waals surface area contributed by atoms with Gasteiger partial charge in [-0.3, -0.25) is 4.79 Å². The second kappa shape index (κ2) is 7.12. The molecule has 0 aliphatic carbocycles. The van der Waals surface area contributed by atoms with E-state index in [0.717, 1.165) is 11.1 Å². The van der Waals surface area contributed by atoms with E-state index in [9.17, 15) is 9.18 Å². The van der Waals surface area contributed by atoms with Gasteiger partial charge in [0.2, 0.25) is 11.8 Å². The van der Waals surface area contributed by atoms with Gasteiger partial charge in [0.25, 0.3) is 5.91 Å². The Hall–Kier alpha value is -3.22. The first-order chi connectivity index (χ1) is 12.1. The molecule has 0 atom stereocenters. The van der Waals surface area contributed by atoms with Crippen molar-refractivity contribution < 1.29 is 13.9 Å². The third-order valence-electron chi connectivity index (χ3n) is 3.70. The highest BCUT2D eigenvalue weighted by Crippen LogP contribution is 2.29. The summed E-state index contributed by atoms with van der Waals surface area (Å²) < 4.78 is 17.8.